The quantitative estimate of drug-likeness (QED) is 0.847. The molecule has 0 bridgehead atoms. The van der Waals surface area contributed by atoms with E-state index in [4.69, 9.17) is 4.74 Å². The van der Waals surface area contributed by atoms with Gasteiger partial charge in [-0.2, -0.15) is 0 Å². The second-order valence-electron chi connectivity index (χ2n) is 4.24. The van der Waals surface area contributed by atoms with Crippen molar-refractivity contribution in [2.24, 2.45) is 0 Å². The molecule has 0 radical (unpaired) electrons. The number of fused-ring (bicyclic) bond motifs is 1. The molecule has 1 aliphatic rings. The first-order chi connectivity index (χ1) is 8.78. The molecular weight excluding hydrogens is 316 g/mol. The van der Waals surface area contributed by atoms with Crippen LogP contribution in [0.5, 0.6) is 0 Å². The molecule has 0 saturated carbocycles. The third-order valence-electron chi connectivity index (χ3n) is 3.22. The Kier molecular flexibility index (Phi) is 3.45. The van der Waals surface area contributed by atoms with Crippen LogP contribution >= 0.6 is 27.3 Å². The number of nitrogens with zero attached hydrogens (tertiary/aromatic N) is 4. The summed E-state index contributed by atoms with van der Waals surface area (Å²) in [6.07, 6.45) is 4.06. The molecule has 0 unspecified atom stereocenters. The molecule has 1 fully saturated rings. The number of rotatable bonds is 2. The highest BCUT2D eigenvalue weighted by Gasteiger charge is 2.22. The molecule has 7 heteroatoms. The van der Waals surface area contributed by atoms with Crippen molar-refractivity contribution >= 4 is 43.4 Å². The minimum Gasteiger partial charge on any atom is -0.381 e. The first-order valence-corrected chi connectivity index (χ1v) is 7.43. The summed E-state index contributed by atoms with van der Waals surface area (Å²) in [6.45, 7) is 1.92. The van der Waals surface area contributed by atoms with E-state index in [0.717, 1.165) is 46.0 Å². The van der Waals surface area contributed by atoms with Gasteiger partial charge in [-0.1, -0.05) is 11.3 Å². The Bertz CT molecular complexity index is 553. The van der Waals surface area contributed by atoms with Crippen LogP contribution < -0.4 is 4.90 Å². The third-order valence-corrected chi connectivity index (χ3v) is 4.64. The Balaban J connectivity index is 1.90. The Morgan fingerprint density at radius 1 is 1.39 bits per heavy atom. The van der Waals surface area contributed by atoms with Crippen molar-refractivity contribution in [2.75, 3.05) is 25.1 Å². The Morgan fingerprint density at radius 3 is 2.89 bits per heavy atom. The lowest BCUT2D eigenvalue weighted by Gasteiger charge is -2.31. The van der Waals surface area contributed by atoms with Crippen molar-refractivity contribution in [1.82, 2.24) is 15.0 Å². The number of anilines is 1. The van der Waals surface area contributed by atoms with Crippen LogP contribution in [-0.2, 0) is 4.74 Å². The molecule has 18 heavy (non-hydrogen) atoms. The molecule has 0 aromatic carbocycles. The molecule has 2 aromatic rings. The van der Waals surface area contributed by atoms with E-state index in [-0.39, 0.29) is 0 Å². The molecule has 0 amide bonds. The van der Waals surface area contributed by atoms with Crippen molar-refractivity contribution in [3.63, 3.8) is 0 Å². The maximum atomic E-state index is 5.39. The predicted octanol–water partition coefficient (Wildman–Crippen LogP) is 2.46. The zero-order valence-corrected chi connectivity index (χ0v) is 12.4. The number of methoxy groups -OCH3 is 1. The SMILES string of the molecule is COC1CCN(c2ncnc3sc(Br)nc23)CC1. The van der Waals surface area contributed by atoms with E-state index in [1.165, 1.54) is 11.3 Å². The van der Waals surface area contributed by atoms with E-state index in [1.54, 1.807) is 13.4 Å². The molecule has 1 aliphatic heterocycles. The monoisotopic (exact) mass is 328 g/mol. The molecular formula is C11H13BrN4OS. The smallest absolute Gasteiger partial charge is 0.161 e. The fourth-order valence-electron chi connectivity index (χ4n) is 2.25. The van der Waals surface area contributed by atoms with Crippen LogP contribution in [0.15, 0.2) is 10.2 Å². The highest BCUT2D eigenvalue weighted by Crippen LogP contribution is 2.31. The fraction of sp³-hybridized carbons (Fsp3) is 0.545. The van der Waals surface area contributed by atoms with E-state index in [2.05, 4.69) is 35.8 Å². The molecule has 0 aliphatic carbocycles. The highest BCUT2D eigenvalue weighted by molar-refractivity contribution is 9.11. The van der Waals surface area contributed by atoms with Crippen LogP contribution in [0.25, 0.3) is 10.3 Å². The topological polar surface area (TPSA) is 51.1 Å². The van der Waals surface area contributed by atoms with Gasteiger partial charge in [-0.25, -0.2) is 15.0 Å². The lowest BCUT2D eigenvalue weighted by molar-refractivity contribution is 0.0818. The van der Waals surface area contributed by atoms with Gasteiger partial charge in [0.2, 0.25) is 0 Å². The van der Waals surface area contributed by atoms with Gasteiger partial charge >= 0.3 is 0 Å². The molecule has 0 spiro atoms. The Hall–Kier alpha value is -0.790. The lowest BCUT2D eigenvalue weighted by Crippen LogP contribution is -2.37. The number of piperidine rings is 1. The second-order valence-corrected chi connectivity index (χ2v) is 6.49. The number of ether oxygens (including phenoxy) is 1. The van der Waals surface area contributed by atoms with E-state index < -0.39 is 0 Å². The van der Waals surface area contributed by atoms with Crippen LogP contribution in [-0.4, -0.2) is 41.3 Å². The molecule has 5 nitrogen and oxygen atoms in total. The second kappa shape index (κ2) is 5.07. The summed E-state index contributed by atoms with van der Waals surface area (Å²) in [5.41, 5.74) is 0.894. The van der Waals surface area contributed by atoms with Crippen molar-refractivity contribution in [2.45, 2.75) is 18.9 Å². The van der Waals surface area contributed by atoms with Gasteiger partial charge in [0.25, 0.3) is 0 Å². The minimum absolute atomic E-state index is 0.376. The van der Waals surface area contributed by atoms with Crippen LogP contribution in [0, 0.1) is 0 Å². The van der Waals surface area contributed by atoms with Crippen LogP contribution in [0.3, 0.4) is 0 Å². The summed E-state index contributed by atoms with van der Waals surface area (Å²) < 4.78 is 6.24. The molecule has 2 aromatic heterocycles. The Labute approximate surface area is 117 Å². The number of hydrogen-bond donors (Lipinski definition) is 0. The van der Waals surface area contributed by atoms with Crippen molar-refractivity contribution in [3.8, 4) is 0 Å². The van der Waals surface area contributed by atoms with Crippen molar-refractivity contribution in [3.05, 3.63) is 10.2 Å². The molecule has 0 N–H and O–H groups in total. The first-order valence-electron chi connectivity index (χ1n) is 5.82. The zero-order chi connectivity index (χ0) is 12.5. The normalized spacial score (nSPS) is 17.6. The van der Waals surface area contributed by atoms with Gasteiger partial charge < -0.3 is 9.64 Å². The average molecular weight is 329 g/mol. The van der Waals surface area contributed by atoms with Crippen LogP contribution in [0.4, 0.5) is 5.82 Å². The number of aromatic nitrogens is 3. The summed E-state index contributed by atoms with van der Waals surface area (Å²) in [7, 11) is 1.78. The summed E-state index contributed by atoms with van der Waals surface area (Å²) in [5.74, 6) is 0.941. The van der Waals surface area contributed by atoms with Gasteiger partial charge in [0.1, 0.15) is 16.7 Å². The van der Waals surface area contributed by atoms with Crippen molar-refractivity contribution in [1.29, 1.82) is 0 Å². The standard InChI is InChI=1S/C11H13BrN4OS/c1-17-7-2-4-16(5-3-7)9-8-10(14-6-13-9)18-11(12)15-8/h6-7H,2-5H2,1H3. The molecule has 1 saturated heterocycles. The number of hydrogen-bond acceptors (Lipinski definition) is 6. The van der Waals surface area contributed by atoms with Crippen molar-refractivity contribution < 1.29 is 4.74 Å². The van der Waals surface area contributed by atoms with E-state index in [9.17, 15) is 0 Å². The summed E-state index contributed by atoms with van der Waals surface area (Å²) in [6, 6.07) is 0. The highest BCUT2D eigenvalue weighted by atomic mass is 79.9. The fourth-order valence-corrected chi connectivity index (χ4v) is 3.52. The molecule has 0 atom stereocenters. The van der Waals surface area contributed by atoms with Gasteiger partial charge in [-0.05, 0) is 28.8 Å². The van der Waals surface area contributed by atoms with Gasteiger partial charge in [0, 0.05) is 20.2 Å². The minimum atomic E-state index is 0.376. The summed E-state index contributed by atoms with van der Waals surface area (Å²) in [5, 5.41) is 0. The van der Waals surface area contributed by atoms with E-state index >= 15 is 0 Å². The third kappa shape index (κ3) is 2.22. The van der Waals surface area contributed by atoms with E-state index in [0.29, 0.717) is 6.10 Å². The number of thiazole rings is 1. The maximum Gasteiger partial charge on any atom is 0.161 e. The summed E-state index contributed by atoms with van der Waals surface area (Å²) >= 11 is 4.94. The lowest BCUT2D eigenvalue weighted by atomic mass is 10.1. The Morgan fingerprint density at radius 2 is 2.17 bits per heavy atom. The van der Waals surface area contributed by atoms with Gasteiger partial charge in [0.05, 0.1) is 6.10 Å². The van der Waals surface area contributed by atoms with E-state index in [1.807, 2.05) is 0 Å². The predicted molar refractivity (Wildman–Crippen MR) is 75.2 cm³/mol. The van der Waals surface area contributed by atoms with Crippen LogP contribution in [0.1, 0.15) is 12.8 Å². The summed E-state index contributed by atoms with van der Waals surface area (Å²) in [4.78, 5) is 16.3. The van der Waals surface area contributed by atoms with Crippen LogP contribution in [0.2, 0.25) is 0 Å². The molecule has 3 rings (SSSR count). The van der Waals surface area contributed by atoms with Gasteiger partial charge in [-0.15, -0.1) is 0 Å². The first kappa shape index (κ1) is 12.3. The zero-order valence-electron chi connectivity index (χ0n) is 9.97. The largest absolute Gasteiger partial charge is 0.381 e. The molecule has 96 valence electrons. The number of halogens is 1. The van der Waals surface area contributed by atoms with Gasteiger partial charge in [-0.3, -0.25) is 0 Å². The maximum absolute atomic E-state index is 5.39. The average Bonchev–Trinajstić information content (AvgIpc) is 2.79. The van der Waals surface area contributed by atoms with Gasteiger partial charge in [0.15, 0.2) is 9.73 Å². The molecule has 3 heterocycles.